The summed E-state index contributed by atoms with van der Waals surface area (Å²) >= 11 is 0. The van der Waals surface area contributed by atoms with Gasteiger partial charge in [-0.3, -0.25) is 4.79 Å². The quantitative estimate of drug-likeness (QED) is 0.841. The number of fused-ring (bicyclic) bond motifs is 1. The number of ether oxygens (including phenoxy) is 1. The molecule has 0 radical (unpaired) electrons. The van der Waals surface area contributed by atoms with Crippen molar-refractivity contribution in [1.29, 1.82) is 5.26 Å². The molecule has 1 unspecified atom stereocenters. The fourth-order valence-corrected chi connectivity index (χ4v) is 1.96. The number of nitriles is 1. The third-order valence-electron chi connectivity index (χ3n) is 3.12. The van der Waals surface area contributed by atoms with Gasteiger partial charge in [-0.25, -0.2) is 0 Å². The molecular formula is C14H17N3O2. The molecule has 1 atom stereocenters. The summed E-state index contributed by atoms with van der Waals surface area (Å²) in [7, 11) is 1.97. The van der Waals surface area contributed by atoms with Gasteiger partial charge in [-0.2, -0.15) is 5.26 Å². The van der Waals surface area contributed by atoms with E-state index in [4.69, 9.17) is 10.00 Å². The summed E-state index contributed by atoms with van der Waals surface area (Å²) < 4.78 is 5.50. The average Bonchev–Trinajstić information content (AvgIpc) is 2.40. The number of nitrogens with one attached hydrogen (secondary N) is 1. The number of hydrogen-bond donors (Lipinski definition) is 1. The Morgan fingerprint density at radius 2 is 2.32 bits per heavy atom. The minimum Gasteiger partial charge on any atom is -0.479 e. The van der Waals surface area contributed by atoms with Gasteiger partial charge in [0.25, 0.3) is 5.91 Å². The summed E-state index contributed by atoms with van der Waals surface area (Å²) in [5, 5.41) is 11.4. The second kappa shape index (κ2) is 5.61. The van der Waals surface area contributed by atoms with E-state index in [1.165, 1.54) is 0 Å². The minimum absolute atomic E-state index is 0.128. The van der Waals surface area contributed by atoms with Crippen LogP contribution >= 0.6 is 0 Å². The molecule has 1 amide bonds. The second-order valence-corrected chi connectivity index (χ2v) is 4.61. The number of rotatable bonds is 4. The van der Waals surface area contributed by atoms with Gasteiger partial charge in [0, 0.05) is 25.7 Å². The zero-order valence-corrected chi connectivity index (χ0v) is 11.1. The lowest BCUT2D eigenvalue weighted by Gasteiger charge is -2.26. The lowest BCUT2D eigenvalue weighted by atomic mass is 10.2. The second-order valence-electron chi connectivity index (χ2n) is 4.61. The van der Waals surface area contributed by atoms with E-state index in [0.29, 0.717) is 17.9 Å². The summed E-state index contributed by atoms with van der Waals surface area (Å²) in [6, 6.07) is 7.84. The molecule has 1 aromatic rings. The summed E-state index contributed by atoms with van der Waals surface area (Å²) in [5.74, 6) is 0.568. The van der Waals surface area contributed by atoms with E-state index < -0.39 is 6.10 Å². The summed E-state index contributed by atoms with van der Waals surface area (Å²) in [6.07, 6.45) is 0.920. The van der Waals surface area contributed by atoms with E-state index >= 15 is 0 Å². The van der Waals surface area contributed by atoms with Crippen LogP contribution in [0.5, 0.6) is 5.75 Å². The summed E-state index contributed by atoms with van der Waals surface area (Å²) in [5.41, 5.74) is 1.70. The number of carbonyl (C=O) groups is 1. The number of nitrogens with zero attached hydrogens (tertiary/aromatic N) is 2. The van der Waals surface area contributed by atoms with Crippen LogP contribution in [0.1, 0.15) is 19.8 Å². The van der Waals surface area contributed by atoms with Gasteiger partial charge >= 0.3 is 0 Å². The molecular weight excluding hydrogens is 242 g/mol. The van der Waals surface area contributed by atoms with Crippen LogP contribution < -0.4 is 15.0 Å². The standard InChI is InChI=1S/C14H17N3O2/c1-10-14(18)16-12-9-11(5-6-13(12)19-10)17(2)8-4-3-7-15/h5-6,9-10H,3-4,8H2,1-2H3,(H,16,18). The lowest BCUT2D eigenvalue weighted by molar-refractivity contribution is -0.122. The molecule has 19 heavy (non-hydrogen) atoms. The van der Waals surface area contributed by atoms with Gasteiger partial charge in [0.1, 0.15) is 5.75 Å². The van der Waals surface area contributed by atoms with Gasteiger partial charge < -0.3 is 15.0 Å². The molecule has 0 saturated heterocycles. The molecule has 1 N–H and O–H groups in total. The summed E-state index contributed by atoms with van der Waals surface area (Å²) in [6.45, 7) is 2.53. The van der Waals surface area contributed by atoms with Gasteiger partial charge in [-0.15, -0.1) is 0 Å². The van der Waals surface area contributed by atoms with E-state index in [0.717, 1.165) is 18.7 Å². The number of amides is 1. The van der Waals surface area contributed by atoms with Gasteiger partial charge in [-0.1, -0.05) is 0 Å². The third kappa shape index (κ3) is 2.97. The minimum atomic E-state index is -0.452. The lowest BCUT2D eigenvalue weighted by Crippen LogP contribution is -2.34. The highest BCUT2D eigenvalue weighted by atomic mass is 16.5. The maximum Gasteiger partial charge on any atom is 0.265 e. The highest BCUT2D eigenvalue weighted by molar-refractivity contribution is 5.98. The van der Waals surface area contributed by atoms with E-state index in [1.54, 1.807) is 6.92 Å². The van der Waals surface area contributed by atoms with Crippen molar-refractivity contribution >= 4 is 17.3 Å². The Morgan fingerprint density at radius 1 is 1.53 bits per heavy atom. The van der Waals surface area contributed by atoms with Crippen molar-refractivity contribution in [3.8, 4) is 11.8 Å². The van der Waals surface area contributed by atoms with Crippen molar-refractivity contribution in [1.82, 2.24) is 0 Å². The first kappa shape index (κ1) is 13.2. The Kier molecular flexibility index (Phi) is 3.91. The Hall–Kier alpha value is -2.22. The van der Waals surface area contributed by atoms with Crippen LogP contribution in [-0.4, -0.2) is 25.6 Å². The Morgan fingerprint density at radius 3 is 3.05 bits per heavy atom. The van der Waals surface area contributed by atoms with Crippen LogP contribution in [-0.2, 0) is 4.79 Å². The molecule has 1 aliphatic rings. The topological polar surface area (TPSA) is 65.4 Å². The first-order chi connectivity index (χ1) is 9.11. The van der Waals surface area contributed by atoms with Crippen molar-refractivity contribution in [3.63, 3.8) is 0 Å². The predicted molar refractivity (Wildman–Crippen MR) is 73.3 cm³/mol. The third-order valence-corrected chi connectivity index (χ3v) is 3.12. The van der Waals surface area contributed by atoms with Gasteiger partial charge in [0.15, 0.2) is 6.10 Å². The predicted octanol–water partition coefficient (Wildman–Crippen LogP) is 2.15. The fraction of sp³-hybridized carbons (Fsp3) is 0.429. The highest BCUT2D eigenvalue weighted by Gasteiger charge is 2.23. The van der Waals surface area contributed by atoms with Crippen molar-refractivity contribution in [2.75, 3.05) is 23.8 Å². The van der Waals surface area contributed by atoms with E-state index in [-0.39, 0.29) is 5.91 Å². The van der Waals surface area contributed by atoms with Crippen LogP contribution in [0, 0.1) is 11.3 Å². The molecule has 1 heterocycles. The number of anilines is 2. The smallest absolute Gasteiger partial charge is 0.265 e. The van der Waals surface area contributed by atoms with Gasteiger partial charge in [-0.05, 0) is 31.5 Å². The van der Waals surface area contributed by atoms with E-state index in [2.05, 4.69) is 16.3 Å². The van der Waals surface area contributed by atoms with Crippen molar-refractivity contribution in [2.45, 2.75) is 25.9 Å². The number of hydrogen-bond acceptors (Lipinski definition) is 4. The van der Waals surface area contributed by atoms with Crippen LogP contribution in [0.4, 0.5) is 11.4 Å². The largest absolute Gasteiger partial charge is 0.479 e. The number of carbonyl (C=O) groups excluding carboxylic acids is 1. The van der Waals surface area contributed by atoms with E-state index in [1.807, 2.05) is 25.2 Å². The monoisotopic (exact) mass is 259 g/mol. The molecule has 0 bridgehead atoms. The van der Waals surface area contributed by atoms with Crippen LogP contribution in [0.25, 0.3) is 0 Å². The van der Waals surface area contributed by atoms with Crippen LogP contribution in [0.15, 0.2) is 18.2 Å². The molecule has 0 aliphatic carbocycles. The summed E-state index contributed by atoms with van der Waals surface area (Å²) in [4.78, 5) is 13.6. The molecule has 2 rings (SSSR count). The molecule has 5 nitrogen and oxygen atoms in total. The van der Waals surface area contributed by atoms with Crippen LogP contribution in [0.2, 0.25) is 0 Å². The van der Waals surface area contributed by atoms with Gasteiger partial charge in [0.05, 0.1) is 11.8 Å². The van der Waals surface area contributed by atoms with E-state index in [9.17, 15) is 4.79 Å². The first-order valence-corrected chi connectivity index (χ1v) is 6.31. The fourth-order valence-electron chi connectivity index (χ4n) is 1.96. The van der Waals surface area contributed by atoms with Crippen LogP contribution in [0.3, 0.4) is 0 Å². The maximum atomic E-state index is 11.6. The molecule has 0 aromatic heterocycles. The SMILES string of the molecule is CC1Oc2ccc(N(C)CCCC#N)cc2NC1=O. The number of unbranched alkanes of at least 4 members (excludes halogenated alkanes) is 1. The van der Waals surface area contributed by atoms with Crippen molar-refractivity contribution in [3.05, 3.63) is 18.2 Å². The zero-order chi connectivity index (χ0) is 13.8. The average molecular weight is 259 g/mol. The molecule has 0 fully saturated rings. The highest BCUT2D eigenvalue weighted by Crippen LogP contribution is 2.33. The Balaban J connectivity index is 2.11. The maximum absolute atomic E-state index is 11.6. The normalized spacial score (nSPS) is 16.9. The molecule has 5 heteroatoms. The zero-order valence-electron chi connectivity index (χ0n) is 11.1. The molecule has 100 valence electrons. The van der Waals surface area contributed by atoms with Gasteiger partial charge in [0.2, 0.25) is 0 Å². The van der Waals surface area contributed by atoms with Crippen molar-refractivity contribution in [2.24, 2.45) is 0 Å². The molecule has 0 spiro atoms. The molecule has 1 aromatic carbocycles. The molecule has 0 saturated carbocycles. The van der Waals surface area contributed by atoms with Crippen molar-refractivity contribution < 1.29 is 9.53 Å². The number of benzene rings is 1. The first-order valence-electron chi connectivity index (χ1n) is 6.31. The molecule has 1 aliphatic heterocycles. The Bertz CT molecular complexity index is 522. The Labute approximate surface area is 112 Å².